The third-order valence-corrected chi connectivity index (χ3v) is 10.8. The highest BCUT2D eigenvalue weighted by Gasteiger charge is 2.37. The molecular weight excluding hydrogens is 589 g/mol. The van der Waals surface area contributed by atoms with Gasteiger partial charge >= 0.3 is 0 Å². The van der Waals surface area contributed by atoms with Crippen LogP contribution in [0.15, 0.2) is 158 Å². The van der Waals surface area contributed by atoms with Gasteiger partial charge in [-0.1, -0.05) is 129 Å². The lowest BCUT2D eigenvalue weighted by Gasteiger charge is -2.28. The standard InChI is InChI=1S/C44H32N2S/c1-44(2)39-28-34(46(32-16-10-5-11-17-32)33-20-18-30(19-21-33)29-12-6-3-7-13-29)22-23-35(39)36-24-25-38-37(41(36)44)26-27-40-42(38)47-43(45-40)31-14-8-4-9-15-31/h3-28H,1-2H3. The fourth-order valence-corrected chi connectivity index (χ4v) is 8.51. The normalized spacial score (nSPS) is 13.1. The minimum Gasteiger partial charge on any atom is -0.310 e. The zero-order chi connectivity index (χ0) is 31.5. The molecule has 1 aromatic heterocycles. The van der Waals surface area contributed by atoms with Crippen molar-refractivity contribution < 1.29 is 0 Å². The van der Waals surface area contributed by atoms with Crippen LogP contribution in [0.1, 0.15) is 25.0 Å². The van der Waals surface area contributed by atoms with E-state index in [4.69, 9.17) is 4.98 Å². The summed E-state index contributed by atoms with van der Waals surface area (Å²) in [6, 6.07) is 56.9. The molecule has 0 N–H and O–H groups in total. The molecule has 8 aromatic rings. The molecule has 0 spiro atoms. The molecule has 0 saturated carbocycles. The minimum atomic E-state index is -0.180. The highest BCUT2D eigenvalue weighted by molar-refractivity contribution is 7.22. The molecule has 1 aliphatic carbocycles. The first-order valence-electron chi connectivity index (χ1n) is 16.1. The van der Waals surface area contributed by atoms with Crippen LogP contribution < -0.4 is 4.90 Å². The third kappa shape index (κ3) is 4.50. The van der Waals surface area contributed by atoms with E-state index in [1.807, 2.05) is 0 Å². The van der Waals surface area contributed by atoms with Gasteiger partial charge in [-0.3, -0.25) is 0 Å². The van der Waals surface area contributed by atoms with Gasteiger partial charge in [0.25, 0.3) is 0 Å². The monoisotopic (exact) mass is 620 g/mol. The number of fused-ring (bicyclic) bond motifs is 7. The molecule has 2 nitrogen and oxygen atoms in total. The van der Waals surface area contributed by atoms with Gasteiger partial charge in [-0.25, -0.2) is 4.98 Å². The van der Waals surface area contributed by atoms with E-state index in [1.165, 1.54) is 54.4 Å². The van der Waals surface area contributed by atoms with Gasteiger partial charge in [0.05, 0.1) is 10.2 Å². The topological polar surface area (TPSA) is 16.1 Å². The van der Waals surface area contributed by atoms with E-state index in [2.05, 4.69) is 176 Å². The number of rotatable bonds is 5. The number of nitrogens with zero attached hydrogens (tertiary/aromatic N) is 2. The van der Waals surface area contributed by atoms with Crippen LogP contribution >= 0.6 is 11.3 Å². The number of anilines is 3. The molecule has 0 unspecified atom stereocenters. The third-order valence-electron chi connectivity index (χ3n) is 9.67. The highest BCUT2D eigenvalue weighted by Crippen LogP contribution is 2.54. The van der Waals surface area contributed by atoms with Gasteiger partial charge in [0.2, 0.25) is 0 Å². The quantitative estimate of drug-likeness (QED) is 0.190. The Morgan fingerprint density at radius 1 is 0.511 bits per heavy atom. The Labute approximate surface area is 279 Å². The molecule has 0 bridgehead atoms. The summed E-state index contributed by atoms with van der Waals surface area (Å²) in [6.07, 6.45) is 0. The van der Waals surface area contributed by atoms with Crippen LogP contribution in [-0.4, -0.2) is 4.98 Å². The lowest BCUT2D eigenvalue weighted by Crippen LogP contribution is -2.17. The van der Waals surface area contributed by atoms with Crippen molar-refractivity contribution in [3.63, 3.8) is 0 Å². The number of hydrogen-bond acceptors (Lipinski definition) is 3. The molecule has 7 aromatic carbocycles. The number of aromatic nitrogens is 1. The molecule has 9 rings (SSSR count). The molecule has 0 saturated heterocycles. The first-order valence-corrected chi connectivity index (χ1v) is 17.0. The van der Waals surface area contributed by atoms with E-state index >= 15 is 0 Å². The Bertz CT molecular complexity index is 2410. The molecule has 0 amide bonds. The van der Waals surface area contributed by atoms with Crippen molar-refractivity contribution in [3.8, 4) is 32.8 Å². The Hall–Kier alpha value is -5.51. The van der Waals surface area contributed by atoms with Gasteiger partial charge in [-0.15, -0.1) is 11.3 Å². The van der Waals surface area contributed by atoms with Crippen LogP contribution in [0.4, 0.5) is 17.1 Å². The molecular formula is C44H32N2S. The first kappa shape index (κ1) is 27.8. The molecule has 47 heavy (non-hydrogen) atoms. The molecule has 1 aliphatic rings. The second-order valence-electron chi connectivity index (χ2n) is 12.8. The van der Waals surface area contributed by atoms with Crippen LogP contribution in [0.25, 0.3) is 53.8 Å². The van der Waals surface area contributed by atoms with Crippen molar-refractivity contribution in [3.05, 3.63) is 169 Å². The molecule has 0 fully saturated rings. The molecule has 224 valence electrons. The predicted molar refractivity (Wildman–Crippen MR) is 200 cm³/mol. The average molecular weight is 621 g/mol. The highest BCUT2D eigenvalue weighted by atomic mass is 32.1. The van der Waals surface area contributed by atoms with Crippen molar-refractivity contribution in [2.45, 2.75) is 19.3 Å². The Balaban J connectivity index is 1.16. The van der Waals surface area contributed by atoms with Gasteiger partial charge in [0.15, 0.2) is 0 Å². The fourth-order valence-electron chi connectivity index (χ4n) is 7.41. The molecule has 0 radical (unpaired) electrons. The van der Waals surface area contributed by atoms with Crippen LogP contribution in [0.2, 0.25) is 0 Å². The number of thiazole rings is 1. The average Bonchev–Trinajstić information content (AvgIpc) is 3.67. The summed E-state index contributed by atoms with van der Waals surface area (Å²) >= 11 is 1.79. The zero-order valence-corrected chi connectivity index (χ0v) is 27.1. The summed E-state index contributed by atoms with van der Waals surface area (Å²) in [7, 11) is 0. The van der Waals surface area contributed by atoms with Gasteiger partial charge in [0.1, 0.15) is 5.01 Å². The number of para-hydroxylation sites is 1. The summed E-state index contributed by atoms with van der Waals surface area (Å²) in [5.74, 6) is 0. The lowest BCUT2D eigenvalue weighted by atomic mass is 9.80. The second kappa shape index (κ2) is 10.8. The van der Waals surface area contributed by atoms with Gasteiger partial charge in [-0.05, 0) is 81.2 Å². The SMILES string of the molecule is CC1(C)c2cc(N(c3ccccc3)c3ccc(-c4ccccc4)cc3)ccc2-c2ccc3c(ccc4nc(-c5ccccc5)sc43)c21. The Morgan fingerprint density at radius 3 is 1.81 bits per heavy atom. The van der Waals surface area contributed by atoms with E-state index in [9.17, 15) is 0 Å². The maximum Gasteiger partial charge on any atom is 0.124 e. The summed E-state index contributed by atoms with van der Waals surface area (Å²) in [4.78, 5) is 7.40. The Morgan fingerprint density at radius 2 is 1.09 bits per heavy atom. The molecule has 3 heteroatoms. The summed E-state index contributed by atoms with van der Waals surface area (Å²) in [5.41, 5.74) is 13.3. The second-order valence-corrected chi connectivity index (χ2v) is 13.8. The fraction of sp³-hybridized carbons (Fsp3) is 0.0682. The van der Waals surface area contributed by atoms with Crippen molar-refractivity contribution in [2.24, 2.45) is 0 Å². The predicted octanol–water partition coefficient (Wildman–Crippen LogP) is 12.6. The van der Waals surface area contributed by atoms with Crippen LogP contribution in [0, 0.1) is 0 Å². The largest absolute Gasteiger partial charge is 0.310 e. The molecule has 1 heterocycles. The first-order chi connectivity index (χ1) is 23.1. The van der Waals surface area contributed by atoms with E-state index in [0.29, 0.717) is 0 Å². The van der Waals surface area contributed by atoms with Crippen molar-refractivity contribution in [1.29, 1.82) is 0 Å². The van der Waals surface area contributed by atoms with Gasteiger partial charge in [-0.2, -0.15) is 0 Å². The minimum absolute atomic E-state index is 0.180. The molecule has 0 aliphatic heterocycles. The summed E-state index contributed by atoms with van der Waals surface area (Å²) in [5, 5.41) is 3.67. The maximum atomic E-state index is 5.03. The van der Waals surface area contributed by atoms with Crippen LogP contribution in [0.3, 0.4) is 0 Å². The van der Waals surface area contributed by atoms with Crippen molar-refractivity contribution in [1.82, 2.24) is 4.98 Å². The molecule has 0 atom stereocenters. The van der Waals surface area contributed by atoms with E-state index in [-0.39, 0.29) is 5.41 Å². The van der Waals surface area contributed by atoms with E-state index < -0.39 is 0 Å². The van der Waals surface area contributed by atoms with Crippen molar-refractivity contribution >= 4 is 49.4 Å². The number of benzene rings is 7. The maximum absolute atomic E-state index is 5.03. The van der Waals surface area contributed by atoms with E-state index in [0.717, 1.165) is 27.6 Å². The van der Waals surface area contributed by atoms with Crippen LogP contribution in [0.5, 0.6) is 0 Å². The smallest absolute Gasteiger partial charge is 0.124 e. The summed E-state index contributed by atoms with van der Waals surface area (Å²) in [6.45, 7) is 4.77. The summed E-state index contributed by atoms with van der Waals surface area (Å²) < 4.78 is 1.26. The van der Waals surface area contributed by atoms with E-state index in [1.54, 1.807) is 11.3 Å². The zero-order valence-electron chi connectivity index (χ0n) is 26.3. The lowest BCUT2D eigenvalue weighted by molar-refractivity contribution is 0.666. The Kier molecular flexibility index (Phi) is 6.38. The number of hydrogen-bond donors (Lipinski definition) is 0. The van der Waals surface area contributed by atoms with Gasteiger partial charge in [0, 0.05) is 33.4 Å². The van der Waals surface area contributed by atoms with Gasteiger partial charge < -0.3 is 4.90 Å². The van der Waals surface area contributed by atoms with Crippen LogP contribution in [-0.2, 0) is 5.41 Å². The van der Waals surface area contributed by atoms with Crippen molar-refractivity contribution in [2.75, 3.05) is 4.90 Å².